The number of aromatic nitrogens is 1. The molecular formula is C26H19NO2. The van der Waals surface area contributed by atoms with E-state index in [1.807, 2.05) is 66.7 Å². The van der Waals surface area contributed by atoms with Crippen LogP contribution in [-0.2, 0) is 6.61 Å². The maximum Gasteiger partial charge on any atom is 0.227 e. The van der Waals surface area contributed by atoms with Gasteiger partial charge in [-0.25, -0.2) is 4.98 Å². The third-order valence-corrected chi connectivity index (χ3v) is 4.86. The van der Waals surface area contributed by atoms with Gasteiger partial charge in [-0.05, 0) is 53.1 Å². The van der Waals surface area contributed by atoms with Gasteiger partial charge in [-0.3, -0.25) is 0 Å². The van der Waals surface area contributed by atoms with Crippen molar-refractivity contribution in [2.24, 2.45) is 0 Å². The second-order valence-corrected chi connectivity index (χ2v) is 6.86. The van der Waals surface area contributed by atoms with Crippen molar-refractivity contribution in [2.75, 3.05) is 0 Å². The van der Waals surface area contributed by atoms with Gasteiger partial charge >= 0.3 is 0 Å². The summed E-state index contributed by atoms with van der Waals surface area (Å²) in [7, 11) is 0. The Morgan fingerprint density at radius 3 is 1.97 bits per heavy atom. The first-order valence-corrected chi connectivity index (χ1v) is 9.58. The van der Waals surface area contributed by atoms with E-state index in [1.54, 1.807) is 0 Å². The lowest BCUT2D eigenvalue weighted by Crippen LogP contribution is -1.94. The molecule has 5 aromatic rings. The third kappa shape index (κ3) is 3.76. The van der Waals surface area contributed by atoms with Crippen LogP contribution in [0.25, 0.3) is 33.7 Å². The molecule has 140 valence electrons. The van der Waals surface area contributed by atoms with Gasteiger partial charge in [-0.1, -0.05) is 66.7 Å². The second kappa shape index (κ2) is 7.64. The highest BCUT2D eigenvalue weighted by Gasteiger charge is 2.08. The van der Waals surface area contributed by atoms with Crippen LogP contribution in [0.5, 0.6) is 5.75 Å². The van der Waals surface area contributed by atoms with Crippen molar-refractivity contribution in [1.82, 2.24) is 4.98 Å². The van der Waals surface area contributed by atoms with Crippen LogP contribution in [0.4, 0.5) is 0 Å². The molecule has 0 amide bonds. The van der Waals surface area contributed by atoms with E-state index in [2.05, 4.69) is 41.4 Å². The summed E-state index contributed by atoms with van der Waals surface area (Å²) in [5, 5.41) is 0. The van der Waals surface area contributed by atoms with Crippen LogP contribution in [0.15, 0.2) is 108 Å². The van der Waals surface area contributed by atoms with Gasteiger partial charge in [0.05, 0.1) is 0 Å². The number of oxazole rings is 1. The lowest BCUT2D eigenvalue weighted by Gasteiger charge is -2.08. The van der Waals surface area contributed by atoms with E-state index in [1.165, 1.54) is 0 Å². The average Bonchev–Trinajstić information content (AvgIpc) is 3.23. The highest BCUT2D eigenvalue weighted by molar-refractivity contribution is 5.76. The molecule has 0 aliphatic heterocycles. The van der Waals surface area contributed by atoms with Crippen LogP contribution < -0.4 is 4.74 Å². The van der Waals surface area contributed by atoms with Gasteiger partial charge in [0, 0.05) is 5.56 Å². The summed E-state index contributed by atoms with van der Waals surface area (Å²) in [5.74, 6) is 1.50. The van der Waals surface area contributed by atoms with Gasteiger partial charge in [-0.2, -0.15) is 0 Å². The van der Waals surface area contributed by atoms with Crippen LogP contribution in [0.3, 0.4) is 0 Å². The Morgan fingerprint density at radius 1 is 0.621 bits per heavy atom. The molecule has 3 nitrogen and oxygen atoms in total. The van der Waals surface area contributed by atoms with Crippen molar-refractivity contribution in [3.8, 4) is 28.3 Å². The zero-order valence-corrected chi connectivity index (χ0v) is 15.8. The molecule has 0 aliphatic rings. The van der Waals surface area contributed by atoms with Crippen LogP contribution >= 0.6 is 0 Å². The number of benzene rings is 4. The summed E-state index contributed by atoms with van der Waals surface area (Å²) in [4.78, 5) is 4.56. The minimum atomic E-state index is 0.569. The summed E-state index contributed by atoms with van der Waals surface area (Å²) in [6.07, 6.45) is 0. The largest absolute Gasteiger partial charge is 0.489 e. The molecule has 0 bridgehead atoms. The van der Waals surface area contributed by atoms with E-state index in [-0.39, 0.29) is 0 Å². The van der Waals surface area contributed by atoms with Crippen molar-refractivity contribution in [2.45, 2.75) is 6.61 Å². The number of fused-ring (bicyclic) bond motifs is 1. The molecule has 0 radical (unpaired) electrons. The number of hydrogen-bond donors (Lipinski definition) is 0. The van der Waals surface area contributed by atoms with Crippen LogP contribution in [0.2, 0.25) is 0 Å². The minimum Gasteiger partial charge on any atom is -0.489 e. The zero-order valence-electron chi connectivity index (χ0n) is 15.8. The van der Waals surface area contributed by atoms with Crippen molar-refractivity contribution in [3.05, 3.63) is 109 Å². The van der Waals surface area contributed by atoms with E-state index < -0.39 is 0 Å². The molecule has 29 heavy (non-hydrogen) atoms. The summed E-state index contributed by atoms with van der Waals surface area (Å²) >= 11 is 0. The maximum absolute atomic E-state index is 5.87. The van der Waals surface area contributed by atoms with Gasteiger partial charge in [0.15, 0.2) is 5.58 Å². The van der Waals surface area contributed by atoms with E-state index in [0.717, 1.165) is 39.1 Å². The molecule has 0 saturated heterocycles. The summed E-state index contributed by atoms with van der Waals surface area (Å²) in [5.41, 5.74) is 6.08. The molecule has 0 saturated carbocycles. The lowest BCUT2D eigenvalue weighted by molar-refractivity contribution is 0.306. The van der Waals surface area contributed by atoms with Gasteiger partial charge in [0.1, 0.15) is 17.9 Å². The number of rotatable bonds is 5. The van der Waals surface area contributed by atoms with Gasteiger partial charge in [-0.15, -0.1) is 0 Å². The highest BCUT2D eigenvalue weighted by Crippen LogP contribution is 2.28. The van der Waals surface area contributed by atoms with Gasteiger partial charge in [0.25, 0.3) is 0 Å². The molecule has 3 heteroatoms. The quantitative estimate of drug-likeness (QED) is 0.340. The highest BCUT2D eigenvalue weighted by atomic mass is 16.5. The van der Waals surface area contributed by atoms with E-state index in [4.69, 9.17) is 9.15 Å². The standard InChI is InChI=1S/C26H19NO2/c1-2-6-19(7-3-1)18-28-23-16-14-21(15-17-23)20-10-12-22(13-11-20)26-27-24-8-4-5-9-25(24)29-26/h1-17H,18H2. The monoisotopic (exact) mass is 377 g/mol. The zero-order chi connectivity index (χ0) is 19.5. The molecule has 1 aromatic heterocycles. The Labute approximate surface area is 169 Å². The minimum absolute atomic E-state index is 0.569. The molecule has 0 atom stereocenters. The molecule has 1 heterocycles. The molecule has 5 rings (SSSR count). The van der Waals surface area contributed by atoms with Crippen molar-refractivity contribution >= 4 is 11.1 Å². The second-order valence-electron chi connectivity index (χ2n) is 6.86. The first-order chi connectivity index (χ1) is 14.3. The summed E-state index contributed by atoms with van der Waals surface area (Å²) in [6.45, 7) is 0.569. The first-order valence-electron chi connectivity index (χ1n) is 9.58. The Morgan fingerprint density at radius 2 is 1.24 bits per heavy atom. The topological polar surface area (TPSA) is 35.3 Å². The molecular weight excluding hydrogens is 358 g/mol. The van der Waals surface area contributed by atoms with Crippen molar-refractivity contribution in [1.29, 1.82) is 0 Å². The summed E-state index contributed by atoms with van der Waals surface area (Å²) in [6, 6.07) is 34.4. The van der Waals surface area contributed by atoms with Crippen LogP contribution in [0, 0.1) is 0 Å². The maximum atomic E-state index is 5.87. The van der Waals surface area contributed by atoms with Crippen molar-refractivity contribution in [3.63, 3.8) is 0 Å². The number of ether oxygens (including phenoxy) is 1. The summed E-state index contributed by atoms with van der Waals surface area (Å²) < 4.78 is 11.7. The number of hydrogen-bond acceptors (Lipinski definition) is 3. The molecule has 0 aliphatic carbocycles. The third-order valence-electron chi connectivity index (χ3n) is 4.86. The smallest absolute Gasteiger partial charge is 0.227 e. The van der Waals surface area contributed by atoms with E-state index in [9.17, 15) is 0 Å². The predicted molar refractivity (Wildman–Crippen MR) is 116 cm³/mol. The molecule has 4 aromatic carbocycles. The van der Waals surface area contributed by atoms with Gasteiger partial charge in [0.2, 0.25) is 5.89 Å². The van der Waals surface area contributed by atoms with Gasteiger partial charge < -0.3 is 9.15 Å². The molecule has 0 N–H and O–H groups in total. The van der Waals surface area contributed by atoms with E-state index in [0.29, 0.717) is 12.5 Å². The van der Waals surface area contributed by atoms with Crippen LogP contribution in [0.1, 0.15) is 5.56 Å². The molecule has 0 spiro atoms. The molecule has 0 fully saturated rings. The fourth-order valence-corrected chi connectivity index (χ4v) is 3.29. The normalized spacial score (nSPS) is 10.9. The number of para-hydroxylation sites is 2. The van der Waals surface area contributed by atoms with Crippen LogP contribution in [-0.4, -0.2) is 4.98 Å². The first kappa shape index (κ1) is 17.3. The Bertz CT molecular complexity index is 1190. The average molecular weight is 377 g/mol. The fourth-order valence-electron chi connectivity index (χ4n) is 3.29. The Hall–Kier alpha value is -3.85. The van der Waals surface area contributed by atoms with E-state index >= 15 is 0 Å². The Balaban J connectivity index is 1.30. The fraction of sp³-hybridized carbons (Fsp3) is 0.0385. The Kier molecular flexibility index (Phi) is 4.55. The molecule has 0 unspecified atom stereocenters. The number of nitrogens with zero attached hydrogens (tertiary/aromatic N) is 1. The predicted octanol–water partition coefficient (Wildman–Crippen LogP) is 6.74. The lowest BCUT2D eigenvalue weighted by atomic mass is 10.0. The SMILES string of the molecule is c1ccc(COc2ccc(-c3ccc(-c4nc5ccccc5o4)cc3)cc2)cc1. The van der Waals surface area contributed by atoms with Crippen molar-refractivity contribution < 1.29 is 9.15 Å².